The van der Waals surface area contributed by atoms with Crippen LogP contribution in [0.2, 0.25) is 0 Å². The second kappa shape index (κ2) is 9.25. The number of nitrogens with zero attached hydrogens (tertiary/aromatic N) is 5. The number of benzene rings is 2. The predicted octanol–water partition coefficient (Wildman–Crippen LogP) is 3.10. The number of thiazole rings is 1. The summed E-state index contributed by atoms with van der Waals surface area (Å²) >= 11 is 1.32. The molecule has 4 heterocycles. The molecule has 2 amide bonds. The summed E-state index contributed by atoms with van der Waals surface area (Å²) in [6, 6.07) is 19.6. The molecule has 0 unspecified atom stereocenters. The van der Waals surface area contributed by atoms with Crippen molar-refractivity contribution in [1.82, 2.24) is 20.1 Å². The van der Waals surface area contributed by atoms with Crippen LogP contribution in [0, 0.1) is 0 Å². The van der Waals surface area contributed by atoms with Gasteiger partial charge in [0.05, 0.1) is 30.4 Å². The monoisotopic (exact) mass is 514 g/mol. The van der Waals surface area contributed by atoms with Crippen molar-refractivity contribution >= 4 is 45.5 Å². The Morgan fingerprint density at radius 2 is 1.70 bits per heavy atom. The maximum absolute atomic E-state index is 12.9. The summed E-state index contributed by atoms with van der Waals surface area (Å²) in [6.07, 6.45) is 4.58. The molecule has 10 nitrogen and oxygen atoms in total. The van der Waals surface area contributed by atoms with Crippen molar-refractivity contribution in [1.29, 1.82) is 0 Å². The summed E-state index contributed by atoms with van der Waals surface area (Å²) < 4.78 is 1.63. The molecule has 2 aromatic carbocycles. The average Bonchev–Trinajstić information content (AvgIpc) is 3.65. The van der Waals surface area contributed by atoms with E-state index in [1.165, 1.54) is 11.3 Å². The van der Waals surface area contributed by atoms with E-state index in [0.29, 0.717) is 49.0 Å². The molecule has 2 aliphatic rings. The first kappa shape index (κ1) is 23.0. The van der Waals surface area contributed by atoms with Crippen LogP contribution in [0.15, 0.2) is 73.1 Å². The second-order valence-electron chi connectivity index (χ2n) is 9.12. The highest BCUT2D eigenvalue weighted by Gasteiger charge is 2.50. The normalized spacial score (nSPS) is 16.7. The van der Waals surface area contributed by atoms with Crippen molar-refractivity contribution in [2.24, 2.45) is 0 Å². The first-order chi connectivity index (χ1) is 18.0. The number of hydrogen-bond donors (Lipinski definition) is 3. The summed E-state index contributed by atoms with van der Waals surface area (Å²) in [7, 11) is 0. The van der Waals surface area contributed by atoms with Crippen LogP contribution in [0.1, 0.15) is 22.5 Å². The smallest absolute Gasteiger partial charge is 0.268 e. The molecule has 2 aromatic heterocycles. The van der Waals surface area contributed by atoms with E-state index in [-0.39, 0.29) is 11.8 Å². The van der Waals surface area contributed by atoms with Gasteiger partial charge >= 0.3 is 0 Å². The van der Waals surface area contributed by atoms with E-state index in [1.807, 2.05) is 60.7 Å². The largest absolute Gasteiger partial charge is 0.394 e. The molecule has 2 saturated heterocycles. The number of anilines is 4. The van der Waals surface area contributed by atoms with Gasteiger partial charge in [0.2, 0.25) is 5.91 Å². The number of para-hydroxylation sites is 2. The minimum atomic E-state index is -0.565. The van der Waals surface area contributed by atoms with Crippen LogP contribution in [0.3, 0.4) is 0 Å². The summed E-state index contributed by atoms with van der Waals surface area (Å²) in [6.45, 7) is 1.84. The highest BCUT2D eigenvalue weighted by atomic mass is 32.1. The van der Waals surface area contributed by atoms with Crippen molar-refractivity contribution in [3.63, 3.8) is 0 Å². The Morgan fingerprint density at radius 1 is 1.03 bits per heavy atom. The fourth-order valence-electron chi connectivity index (χ4n) is 4.98. The van der Waals surface area contributed by atoms with E-state index >= 15 is 0 Å². The zero-order valence-electron chi connectivity index (χ0n) is 20.0. The minimum absolute atomic E-state index is 0.0720. The van der Waals surface area contributed by atoms with Gasteiger partial charge in [-0.1, -0.05) is 47.7 Å². The van der Waals surface area contributed by atoms with Crippen LogP contribution in [0.25, 0.3) is 5.69 Å². The number of carbonyl (C=O) groups is 2. The van der Waals surface area contributed by atoms with Gasteiger partial charge in [0.1, 0.15) is 10.4 Å². The van der Waals surface area contributed by atoms with Gasteiger partial charge in [-0.25, -0.2) is 9.67 Å². The highest BCUT2D eigenvalue weighted by Crippen LogP contribution is 2.38. The molecule has 0 bridgehead atoms. The third-order valence-electron chi connectivity index (χ3n) is 6.98. The molecule has 4 N–H and O–H groups in total. The number of nitrogen functional groups attached to an aromatic ring is 1. The molecular weight excluding hydrogens is 488 g/mol. The fraction of sp³-hybridized carbons (Fsp3) is 0.231. The van der Waals surface area contributed by atoms with E-state index in [4.69, 9.17) is 5.73 Å². The quantitative estimate of drug-likeness (QED) is 0.374. The zero-order chi connectivity index (χ0) is 25.4. The molecule has 6 rings (SSSR count). The molecule has 37 heavy (non-hydrogen) atoms. The van der Waals surface area contributed by atoms with Gasteiger partial charge in [0.25, 0.3) is 5.91 Å². The Morgan fingerprint density at radius 3 is 2.41 bits per heavy atom. The molecule has 11 heteroatoms. The summed E-state index contributed by atoms with van der Waals surface area (Å²) in [5, 5.41) is 11.0. The number of piperidine rings is 1. The first-order valence-corrected chi connectivity index (χ1v) is 12.9. The third kappa shape index (κ3) is 4.16. The van der Waals surface area contributed by atoms with Crippen LogP contribution >= 0.6 is 11.3 Å². The van der Waals surface area contributed by atoms with Gasteiger partial charge in [0, 0.05) is 18.8 Å². The van der Waals surface area contributed by atoms with E-state index in [1.54, 1.807) is 17.1 Å². The predicted molar refractivity (Wildman–Crippen MR) is 144 cm³/mol. The summed E-state index contributed by atoms with van der Waals surface area (Å²) in [5.41, 5.74) is 7.79. The Bertz CT molecular complexity index is 1430. The lowest BCUT2D eigenvalue weighted by atomic mass is 9.86. The summed E-state index contributed by atoms with van der Waals surface area (Å²) in [4.78, 5) is 35.1. The molecule has 0 radical (unpaired) electrons. The highest BCUT2D eigenvalue weighted by molar-refractivity contribution is 7.17. The van der Waals surface area contributed by atoms with Crippen LogP contribution in [0.5, 0.6) is 0 Å². The Labute approximate surface area is 217 Å². The molecular formula is C26H26N8O2S. The average molecular weight is 515 g/mol. The molecule has 188 valence electrons. The molecule has 2 fully saturated rings. The van der Waals surface area contributed by atoms with Crippen molar-refractivity contribution < 1.29 is 9.59 Å². The molecule has 2 aliphatic heterocycles. The van der Waals surface area contributed by atoms with Crippen molar-refractivity contribution in [2.45, 2.75) is 18.4 Å². The maximum atomic E-state index is 12.9. The van der Waals surface area contributed by atoms with Crippen LogP contribution in [-0.4, -0.2) is 51.9 Å². The fourth-order valence-corrected chi connectivity index (χ4v) is 5.85. The number of nitrogens with one attached hydrogen (secondary N) is 2. The maximum Gasteiger partial charge on any atom is 0.268 e. The number of rotatable bonds is 5. The zero-order valence-corrected chi connectivity index (χ0v) is 20.8. The minimum Gasteiger partial charge on any atom is -0.394 e. The lowest BCUT2D eigenvalue weighted by molar-refractivity contribution is -0.124. The lowest BCUT2D eigenvalue weighted by Gasteiger charge is -2.43. The van der Waals surface area contributed by atoms with E-state index in [0.717, 1.165) is 16.5 Å². The molecule has 0 saturated carbocycles. The van der Waals surface area contributed by atoms with Crippen molar-refractivity contribution in [2.75, 3.05) is 40.6 Å². The second-order valence-corrected chi connectivity index (χ2v) is 10.1. The first-order valence-electron chi connectivity index (χ1n) is 12.1. The Balaban J connectivity index is 1.13. The molecule has 0 aliphatic carbocycles. The third-order valence-corrected chi connectivity index (χ3v) is 8.04. The Hall–Kier alpha value is -4.38. The molecule has 0 atom stereocenters. The topological polar surface area (TPSA) is 121 Å². The number of hydrogen-bond acceptors (Lipinski definition) is 8. The number of amides is 2. The number of carbonyl (C=O) groups excluding carboxylic acids is 2. The van der Waals surface area contributed by atoms with Gasteiger partial charge < -0.3 is 26.2 Å². The lowest BCUT2D eigenvalue weighted by Crippen LogP contribution is -2.56. The van der Waals surface area contributed by atoms with Gasteiger partial charge in [-0.15, -0.1) is 5.10 Å². The van der Waals surface area contributed by atoms with Crippen LogP contribution in [-0.2, 0) is 4.79 Å². The van der Waals surface area contributed by atoms with E-state index < -0.39 is 5.54 Å². The molecule has 1 spiro atoms. The van der Waals surface area contributed by atoms with Crippen molar-refractivity contribution in [3.05, 3.63) is 77.9 Å². The van der Waals surface area contributed by atoms with Gasteiger partial charge in [-0.05, 0) is 37.1 Å². The summed E-state index contributed by atoms with van der Waals surface area (Å²) in [5.74, 6) is 0.0624. The SMILES string of the molecule is Nc1cn(-c2ccccc2)nc1NC(=O)c1cnc(N2CCC3(CC2)C(=O)NCN3c2ccccc2)s1. The molecule has 4 aromatic rings. The van der Waals surface area contributed by atoms with Crippen molar-refractivity contribution in [3.8, 4) is 5.69 Å². The Kier molecular flexibility index (Phi) is 5.76. The standard InChI is InChI=1S/C26H26N8O2S/c27-20-16-34(19-9-5-2-6-10-19)31-22(20)30-23(35)21-15-28-25(37-21)32-13-11-26(12-14-32)24(36)29-17-33(26)18-7-3-1-4-8-18/h1-10,15-16H,11-14,17,27H2,(H,29,36)(H,30,31,35). The van der Waals surface area contributed by atoms with Crippen LogP contribution in [0.4, 0.5) is 22.3 Å². The van der Waals surface area contributed by atoms with Gasteiger partial charge in [0.15, 0.2) is 10.9 Å². The van der Waals surface area contributed by atoms with Gasteiger partial charge in [-0.3, -0.25) is 9.59 Å². The van der Waals surface area contributed by atoms with Crippen LogP contribution < -0.4 is 26.2 Å². The number of aromatic nitrogens is 3. The van der Waals surface area contributed by atoms with Gasteiger partial charge in [-0.2, -0.15) is 0 Å². The van der Waals surface area contributed by atoms with E-state index in [9.17, 15) is 9.59 Å². The van der Waals surface area contributed by atoms with E-state index in [2.05, 4.69) is 30.5 Å². The number of nitrogens with two attached hydrogens (primary N) is 1.